The Kier molecular flexibility index (Phi) is 5.99. The van der Waals surface area contributed by atoms with E-state index in [1.165, 1.54) is 0 Å². The van der Waals surface area contributed by atoms with Gasteiger partial charge in [0.1, 0.15) is 0 Å². The van der Waals surface area contributed by atoms with Crippen LogP contribution in [0.2, 0.25) is 5.02 Å². The molecule has 3 nitrogen and oxygen atoms in total. The van der Waals surface area contributed by atoms with Gasteiger partial charge < -0.3 is 10.6 Å². The molecule has 0 fully saturated rings. The van der Waals surface area contributed by atoms with Gasteiger partial charge in [0.25, 0.3) is 0 Å². The normalized spacial score (nSPS) is 13.6. The molecule has 0 aliphatic heterocycles. The van der Waals surface area contributed by atoms with Crippen molar-refractivity contribution in [3.8, 4) is 0 Å². The van der Waals surface area contributed by atoms with E-state index in [2.05, 4.69) is 36.4 Å². The second kappa shape index (κ2) is 7.27. The number of benzene rings is 1. The molecular weight excluding hydrogens is 246 g/mol. The van der Waals surface area contributed by atoms with E-state index >= 15 is 0 Å². The Morgan fingerprint density at radius 1 is 1.28 bits per heavy atom. The van der Waals surface area contributed by atoms with Crippen molar-refractivity contribution in [2.75, 3.05) is 7.05 Å². The lowest BCUT2D eigenvalue weighted by molar-refractivity contribution is 0.481. The van der Waals surface area contributed by atoms with E-state index in [0.29, 0.717) is 18.5 Å². The predicted molar refractivity (Wildman–Crippen MR) is 79.1 cm³/mol. The summed E-state index contributed by atoms with van der Waals surface area (Å²) in [7, 11) is 1.77. The topological polar surface area (TPSA) is 36.4 Å². The maximum Gasteiger partial charge on any atom is 0.191 e. The molecule has 0 amide bonds. The molecule has 0 saturated carbocycles. The van der Waals surface area contributed by atoms with Crippen molar-refractivity contribution in [1.82, 2.24) is 10.6 Å². The summed E-state index contributed by atoms with van der Waals surface area (Å²) in [6, 6.07) is 8.19. The summed E-state index contributed by atoms with van der Waals surface area (Å²) in [4.78, 5) is 4.21. The highest BCUT2D eigenvalue weighted by molar-refractivity contribution is 6.31. The third-order valence-electron chi connectivity index (χ3n) is 2.99. The fourth-order valence-electron chi connectivity index (χ4n) is 1.40. The minimum Gasteiger partial charge on any atom is -0.354 e. The number of hydrogen-bond acceptors (Lipinski definition) is 1. The maximum atomic E-state index is 6.11. The molecule has 0 bridgehead atoms. The fourth-order valence-corrected chi connectivity index (χ4v) is 1.60. The molecule has 100 valence electrons. The van der Waals surface area contributed by atoms with Crippen LogP contribution in [0.15, 0.2) is 29.3 Å². The van der Waals surface area contributed by atoms with Gasteiger partial charge in [0.15, 0.2) is 5.96 Å². The monoisotopic (exact) mass is 267 g/mol. The van der Waals surface area contributed by atoms with E-state index in [1.54, 1.807) is 7.05 Å². The number of hydrogen-bond donors (Lipinski definition) is 2. The van der Waals surface area contributed by atoms with Gasteiger partial charge in [-0.1, -0.05) is 43.6 Å². The van der Waals surface area contributed by atoms with Gasteiger partial charge in [0.2, 0.25) is 0 Å². The molecule has 2 N–H and O–H groups in total. The van der Waals surface area contributed by atoms with Gasteiger partial charge in [-0.25, -0.2) is 0 Å². The standard InChI is InChI=1S/C14H22ClN3/c1-10(2)11(3)18-14(16-4)17-9-12-7-5-6-8-13(12)15/h5-8,10-11H,9H2,1-4H3,(H2,16,17,18). The van der Waals surface area contributed by atoms with Gasteiger partial charge in [-0.15, -0.1) is 0 Å². The molecule has 1 unspecified atom stereocenters. The highest BCUT2D eigenvalue weighted by Gasteiger charge is 2.09. The lowest BCUT2D eigenvalue weighted by Gasteiger charge is -2.20. The Bertz CT molecular complexity index is 402. The summed E-state index contributed by atoms with van der Waals surface area (Å²) in [5, 5.41) is 7.39. The molecule has 1 atom stereocenters. The number of guanidine groups is 1. The molecule has 1 aromatic rings. The number of nitrogens with one attached hydrogen (secondary N) is 2. The first-order valence-corrected chi connectivity index (χ1v) is 6.63. The molecule has 0 aromatic heterocycles. The van der Waals surface area contributed by atoms with E-state index in [1.807, 2.05) is 24.3 Å². The van der Waals surface area contributed by atoms with Crippen molar-refractivity contribution in [1.29, 1.82) is 0 Å². The van der Waals surface area contributed by atoms with E-state index in [4.69, 9.17) is 11.6 Å². The predicted octanol–water partition coefficient (Wildman–Crippen LogP) is 3.05. The van der Waals surface area contributed by atoms with E-state index < -0.39 is 0 Å². The zero-order valence-electron chi connectivity index (χ0n) is 11.5. The summed E-state index contributed by atoms with van der Waals surface area (Å²) in [5.74, 6) is 1.36. The lowest BCUT2D eigenvalue weighted by Crippen LogP contribution is -2.43. The van der Waals surface area contributed by atoms with Crippen LogP contribution in [0.4, 0.5) is 0 Å². The zero-order valence-corrected chi connectivity index (χ0v) is 12.3. The van der Waals surface area contributed by atoms with Crippen LogP contribution >= 0.6 is 11.6 Å². The smallest absolute Gasteiger partial charge is 0.191 e. The largest absolute Gasteiger partial charge is 0.354 e. The van der Waals surface area contributed by atoms with Gasteiger partial charge in [-0.3, -0.25) is 4.99 Å². The number of aliphatic imine (C=N–C) groups is 1. The van der Waals surface area contributed by atoms with Crippen molar-refractivity contribution in [2.45, 2.75) is 33.4 Å². The lowest BCUT2D eigenvalue weighted by atomic mass is 10.1. The van der Waals surface area contributed by atoms with Crippen molar-refractivity contribution in [2.24, 2.45) is 10.9 Å². The summed E-state index contributed by atoms with van der Waals surface area (Å²) < 4.78 is 0. The first-order valence-electron chi connectivity index (χ1n) is 6.25. The molecule has 0 aliphatic rings. The maximum absolute atomic E-state index is 6.11. The quantitative estimate of drug-likeness (QED) is 0.650. The fraction of sp³-hybridized carbons (Fsp3) is 0.500. The molecule has 0 aliphatic carbocycles. The van der Waals surface area contributed by atoms with E-state index in [9.17, 15) is 0 Å². The Morgan fingerprint density at radius 3 is 2.50 bits per heavy atom. The summed E-state index contributed by atoms with van der Waals surface area (Å²) >= 11 is 6.11. The van der Waals surface area contributed by atoms with Crippen LogP contribution in [0.5, 0.6) is 0 Å². The molecule has 0 radical (unpaired) electrons. The van der Waals surface area contributed by atoms with Gasteiger partial charge >= 0.3 is 0 Å². The SMILES string of the molecule is CN=C(NCc1ccccc1Cl)NC(C)C(C)C. The van der Waals surface area contributed by atoms with Crippen LogP contribution in [-0.2, 0) is 6.54 Å². The molecule has 18 heavy (non-hydrogen) atoms. The average molecular weight is 268 g/mol. The first-order chi connectivity index (χ1) is 8.54. The average Bonchev–Trinajstić information content (AvgIpc) is 2.35. The van der Waals surface area contributed by atoms with Gasteiger partial charge in [-0.2, -0.15) is 0 Å². The highest BCUT2D eigenvalue weighted by Crippen LogP contribution is 2.14. The van der Waals surface area contributed by atoms with Crippen molar-refractivity contribution in [3.63, 3.8) is 0 Å². The second-order valence-electron chi connectivity index (χ2n) is 4.69. The highest BCUT2D eigenvalue weighted by atomic mass is 35.5. The van der Waals surface area contributed by atoms with Gasteiger partial charge in [-0.05, 0) is 24.5 Å². The Hall–Kier alpha value is -1.22. The molecule has 0 saturated heterocycles. The van der Waals surface area contributed by atoms with Crippen LogP contribution in [0.3, 0.4) is 0 Å². The molecule has 0 heterocycles. The van der Waals surface area contributed by atoms with Crippen molar-refractivity contribution in [3.05, 3.63) is 34.9 Å². The molecule has 4 heteroatoms. The third kappa shape index (κ3) is 4.57. The molecule has 1 rings (SSSR count). The minimum atomic E-state index is 0.377. The van der Waals surface area contributed by atoms with Crippen molar-refractivity contribution >= 4 is 17.6 Å². The number of nitrogens with zero attached hydrogens (tertiary/aromatic N) is 1. The molecule has 0 spiro atoms. The first kappa shape index (κ1) is 14.8. The Balaban J connectivity index is 2.53. The van der Waals surface area contributed by atoms with Crippen LogP contribution in [0.1, 0.15) is 26.3 Å². The number of rotatable bonds is 4. The minimum absolute atomic E-state index is 0.377. The van der Waals surface area contributed by atoms with Gasteiger partial charge in [0, 0.05) is 24.7 Å². The summed E-state index contributed by atoms with van der Waals surface area (Å²) in [5.41, 5.74) is 1.07. The second-order valence-corrected chi connectivity index (χ2v) is 5.10. The van der Waals surface area contributed by atoms with Crippen molar-refractivity contribution < 1.29 is 0 Å². The summed E-state index contributed by atoms with van der Waals surface area (Å²) in [6.07, 6.45) is 0. The van der Waals surface area contributed by atoms with E-state index in [-0.39, 0.29) is 0 Å². The van der Waals surface area contributed by atoms with Crippen LogP contribution < -0.4 is 10.6 Å². The Labute approximate surface area is 115 Å². The third-order valence-corrected chi connectivity index (χ3v) is 3.36. The van der Waals surface area contributed by atoms with Crippen LogP contribution in [0, 0.1) is 5.92 Å². The van der Waals surface area contributed by atoms with Gasteiger partial charge in [0.05, 0.1) is 0 Å². The number of halogens is 1. The molecular formula is C14H22ClN3. The zero-order chi connectivity index (χ0) is 13.5. The Morgan fingerprint density at radius 2 is 1.94 bits per heavy atom. The molecule has 1 aromatic carbocycles. The summed E-state index contributed by atoms with van der Waals surface area (Å²) in [6.45, 7) is 7.18. The van der Waals surface area contributed by atoms with Crippen LogP contribution in [0.25, 0.3) is 0 Å². The van der Waals surface area contributed by atoms with Crippen LogP contribution in [-0.4, -0.2) is 19.0 Å². The van der Waals surface area contributed by atoms with E-state index in [0.717, 1.165) is 16.5 Å².